The number of fused-ring (bicyclic) bond motifs is 3. The SMILES string of the molecule is CC1(C)CC(=O)c2c(n(-c3ccc(C(N)=O)c(NC4CCCCC4)c3)c3ncccc23)C1. The van der Waals surface area contributed by atoms with Crippen molar-refractivity contribution in [3.8, 4) is 5.69 Å². The normalized spacial score (nSPS) is 18.5. The molecular weight excluding hydrogens is 400 g/mol. The summed E-state index contributed by atoms with van der Waals surface area (Å²) in [6.45, 7) is 4.27. The molecule has 3 aromatic rings. The third-order valence-electron chi connectivity index (χ3n) is 6.88. The summed E-state index contributed by atoms with van der Waals surface area (Å²) in [5, 5.41) is 4.48. The van der Waals surface area contributed by atoms with Crippen LogP contribution in [0.4, 0.5) is 5.69 Å². The number of nitrogens with two attached hydrogens (primary N) is 1. The number of benzene rings is 1. The lowest BCUT2D eigenvalue weighted by Crippen LogP contribution is -2.28. The smallest absolute Gasteiger partial charge is 0.250 e. The van der Waals surface area contributed by atoms with Gasteiger partial charge in [0.2, 0.25) is 0 Å². The highest BCUT2D eigenvalue weighted by atomic mass is 16.1. The highest BCUT2D eigenvalue weighted by molar-refractivity contribution is 6.10. The fourth-order valence-electron chi connectivity index (χ4n) is 5.43. The van der Waals surface area contributed by atoms with E-state index >= 15 is 0 Å². The van der Waals surface area contributed by atoms with Crippen molar-refractivity contribution in [3.63, 3.8) is 0 Å². The van der Waals surface area contributed by atoms with Crippen molar-refractivity contribution in [2.45, 2.75) is 64.8 Å². The van der Waals surface area contributed by atoms with E-state index in [1.165, 1.54) is 19.3 Å². The molecule has 166 valence electrons. The zero-order chi connectivity index (χ0) is 22.5. The molecule has 6 nitrogen and oxygen atoms in total. The molecule has 0 atom stereocenters. The summed E-state index contributed by atoms with van der Waals surface area (Å²) in [6, 6.07) is 9.90. The van der Waals surface area contributed by atoms with Crippen molar-refractivity contribution in [2.75, 3.05) is 5.32 Å². The number of amides is 1. The largest absolute Gasteiger partial charge is 0.382 e. The van der Waals surface area contributed by atoms with E-state index in [0.29, 0.717) is 18.0 Å². The summed E-state index contributed by atoms with van der Waals surface area (Å²) in [7, 11) is 0. The molecule has 1 amide bonds. The first-order valence-electron chi connectivity index (χ1n) is 11.6. The van der Waals surface area contributed by atoms with E-state index in [1.54, 1.807) is 12.3 Å². The van der Waals surface area contributed by atoms with E-state index in [9.17, 15) is 9.59 Å². The summed E-state index contributed by atoms with van der Waals surface area (Å²) in [5.74, 6) is -0.272. The first kappa shape index (κ1) is 20.7. The number of carbonyl (C=O) groups excluding carboxylic acids is 2. The van der Waals surface area contributed by atoms with Gasteiger partial charge in [-0.2, -0.15) is 0 Å². The van der Waals surface area contributed by atoms with Gasteiger partial charge in [-0.3, -0.25) is 14.2 Å². The number of rotatable bonds is 4. The number of hydrogen-bond acceptors (Lipinski definition) is 4. The Hall–Kier alpha value is -3.15. The summed E-state index contributed by atoms with van der Waals surface area (Å²) in [4.78, 5) is 29.9. The van der Waals surface area contributed by atoms with Crippen LogP contribution < -0.4 is 11.1 Å². The second-order valence-corrected chi connectivity index (χ2v) is 10.0. The lowest BCUT2D eigenvalue weighted by atomic mass is 9.75. The molecule has 0 bridgehead atoms. The predicted octanol–water partition coefficient (Wildman–Crippen LogP) is 5.02. The van der Waals surface area contributed by atoms with Gasteiger partial charge in [0.25, 0.3) is 5.91 Å². The van der Waals surface area contributed by atoms with Gasteiger partial charge in [0.1, 0.15) is 5.65 Å². The second kappa shape index (κ2) is 7.76. The molecule has 0 radical (unpaired) electrons. The maximum absolute atomic E-state index is 13.1. The molecule has 2 aliphatic carbocycles. The molecule has 2 aliphatic rings. The Kier molecular flexibility index (Phi) is 5.03. The van der Waals surface area contributed by atoms with Gasteiger partial charge in [-0.05, 0) is 55.0 Å². The molecule has 32 heavy (non-hydrogen) atoms. The van der Waals surface area contributed by atoms with Crippen LogP contribution in [0.15, 0.2) is 36.5 Å². The number of anilines is 1. The zero-order valence-electron chi connectivity index (χ0n) is 18.8. The fourth-order valence-corrected chi connectivity index (χ4v) is 5.43. The molecule has 0 spiro atoms. The maximum atomic E-state index is 13.1. The predicted molar refractivity (Wildman–Crippen MR) is 127 cm³/mol. The van der Waals surface area contributed by atoms with Gasteiger partial charge in [0.15, 0.2) is 5.78 Å². The highest BCUT2D eigenvalue weighted by Gasteiger charge is 2.36. The second-order valence-electron chi connectivity index (χ2n) is 10.0. The van der Waals surface area contributed by atoms with Crippen LogP contribution in [0.25, 0.3) is 16.7 Å². The van der Waals surface area contributed by atoms with Gasteiger partial charge in [0.05, 0.1) is 5.56 Å². The van der Waals surface area contributed by atoms with Gasteiger partial charge in [0, 0.05) is 46.7 Å². The van der Waals surface area contributed by atoms with Gasteiger partial charge in [-0.1, -0.05) is 33.1 Å². The van der Waals surface area contributed by atoms with Crippen LogP contribution in [0.1, 0.15) is 78.8 Å². The lowest BCUT2D eigenvalue weighted by molar-refractivity contribution is 0.0912. The number of aromatic nitrogens is 2. The van der Waals surface area contributed by atoms with Crippen LogP contribution in [-0.4, -0.2) is 27.3 Å². The van der Waals surface area contributed by atoms with Crippen molar-refractivity contribution < 1.29 is 9.59 Å². The summed E-state index contributed by atoms with van der Waals surface area (Å²) in [5.41, 5.74) is 10.3. The standard InChI is InChI=1S/C26H30N4O2/c1-26(2)14-21-23(22(31)15-26)19-9-6-12-28-25(19)30(21)17-10-11-18(24(27)32)20(13-17)29-16-7-4-3-5-8-16/h6,9-13,16,29H,3-5,7-8,14-15H2,1-2H3,(H2,27,32). The van der Waals surface area contributed by atoms with Gasteiger partial charge in [-0.25, -0.2) is 4.98 Å². The Labute approximate surface area is 188 Å². The first-order chi connectivity index (χ1) is 15.3. The minimum absolute atomic E-state index is 0.118. The van der Waals surface area contributed by atoms with E-state index in [-0.39, 0.29) is 11.2 Å². The molecule has 1 fully saturated rings. The van der Waals surface area contributed by atoms with Crippen LogP contribution in [0.2, 0.25) is 0 Å². The molecule has 3 N–H and O–H groups in total. The number of pyridine rings is 1. The van der Waals surface area contributed by atoms with Crippen LogP contribution in [-0.2, 0) is 6.42 Å². The molecule has 6 heteroatoms. The molecule has 0 aliphatic heterocycles. The molecule has 1 aromatic carbocycles. The quantitative estimate of drug-likeness (QED) is 0.608. The Balaban J connectivity index is 1.68. The third kappa shape index (κ3) is 3.57. The Bertz CT molecular complexity index is 1220. The molecule has 2 heterocycles. The van der Waals surface area contributed by atoms with Gasteiger partial charge in [-0.15, -0.1) is 0 Å². The molecule has 0 unspecified atom stereocenters. The van der Waals surface area contributed by atoms with Crippen LogP contribution >= 0.6 is 0 Å². The lowest BCUT2D eigenvalue weighted by Gasteiger charge is -2.30. The Morgan fingerprint density at radius 1 is 1.16 bits per heavy atom. The summed E-state index contributed by atoms with van der Waals surface area (Å²) >= 11 is 0. The number of nitrogens with zero attached hydrogens (tertiary/aromatic N) is 2. The topological polar surface area (TPSA) is 90.0 Å². The maximum Gasteiger partial charge on any atom is 0.250 e. The fraction of sp³-hybridized carbons (Fsp3) is 0.423. The summed E-state index contributed by atoms with van der Waals surface area (Å²) < 4.78 is 2.10. The van der Waals surface area contributed by atoms with E-state index in [1.807, 2.05) is 24.3 Å². The monoisotopic (exact) mass is 430 g/mol. The minimum atomic E-state index is -0.441. The van der Waals surface area contributed by atoms with Gasteiger partial charge >= 0.3 is 0 Å². The van der Waals surface area contributed by atoms with E-state index in [4.69, 9.17) is 5.73 Å². The van der Waals surface area contributed by atoms with Crippen molar-refractivity contribution in [2.24, 2.45) is 11.1 Å². The van der Waals surface area contributed by atoms with Crippen molar-refractivity contribution in [1.82, 2.24) is 9.55 Å². The van der Waals surface area contributed by atoms with Crippen LogP contribution in [0.3, 0.4) is 0 Å². The number of carbonyl (C=O) groups is 2. The molecule has 0 saturated heterocycles. The average molecular weight is 431 g/mol. The van der Waals surface area contributed by atoms with Gasteiger partial charge < -0.3 is 11.1 Å². The third-order valence-corrected chi connectivity index (χ3v) is 6.88. The first-order valence-corrected chi connectivity index (χ1v) is 11.6. The average Bonchev–Trinajstić information content (AvgIpc) is 3.07. The van der Waals surface area contributed by atoms with E-state index < -0.39 is 5.91 Å². The molecule has 5 rings (SSSR count). The van der Waals surface area contributed by atoms with Crippen molar-refractivity contribution >= 4 is 28.4 Å². The number of ketones is 1. The molecular formula is C26H30N4O2. The number of hydrogen-bond donors (Lipinski definition) is 2. The summed E-state index contributed by atoms with van der Waals surface area (Å²) in [6.07, 6.45) is 8.91. The number of Topliss-reactive ketones (excluding diaryl/α,β-unsaturated/α-hetero) is 1. The van der Waals surface area contributed by atoms with Crippen molar-refractivity contribution in [3.05, 3.63) is 53.3 Å². The number of nitrogens with one attached hydrogen (secondary N) is 1. The van der Waals surface area contributed by atoms with E-state index in [0.717, 1.165) is 52.9 Å². The molecule has 2 aromatic heterocycles. The van der Waals surface area contributed by atoms with Crippen LogP contribution in [0, 0.1) is 5.41 Å². The zero-order valence-corrected chi connectivity index (χ0v) is 18.8. The highest BCUT2D eigenvalue weighted by Crippen LogP contribution is 2.41. The van der Waals surface area contributed by atoms with Crippen LogP contribution in [0.5, 0.6) is 0 Å². The van der Waals surface area contributed by atoms with E-state index in [2.05, 4.69) is 28.7 Å². The minimum Gasteiger partial charge on any atom is -0.382 e. The molecule has 1 saturated carbocycles. The Morgan fingerprint density at radius 2 is 1.94 bits per heavy atom. The number of primary amides is 1. The van der Waals surface area contributed by atoms with Crippen molar-refractivity contribution in [1.29, 1.82) is 0 Å². The Morgan fingerprint density at radius 3 is 2.69 bits per heavy atom.